The van der Waals surface area contributed by atoms with Gasteiger partial charge in [-0.05, 0) is 34.6 Å². The smallest absolute Gasteiger partial charge is 0.259 e. The van der Waals surface area contributed by atoms with Gasteiger partial charge in [-0.15, -0.1) is 0 Å². The van der Waals surface area contributed by atoms with Crippen molar-refractivity contribution >= 4 is 8.53 Å². The Morgan fingerprint density at radius 1 is 1.36 bits per heavy atom. The Hall–Kier alpha value is -0.280. The van der Waals surface area contributed by atoms with Crippen LogP contribution in [0.15, 0.2) is 0 Å². The van der Waals surface area contributed by atoms with Gasteiger partial charge in [0.1, 0.15) is 6.10 Å². The number of aliphatic hydroxyl groups is 1. The first-order chi connectivity index (χ1) is 10.4. The molecule has 0 saturated carbocycles. The third-order valence-corrected chi connectivity index (χ3v) is 5.61. The predicted molar refractivity (Wildman–Crippen MR) is 86.1 cm³/mol. The molecule has 0 amide bonds. The summed E-state index contributed by atoms with van der Waals surface area (Å²) >= 11 is 0. The Balaban J connectivity index is 2.78. The highest BCUT2D eigenvalue weighted by Gasteiger charge is 2.38. The van der Waals surface area contributed by atoms with Gasteiger partial charge in [0.05, 0.1) is 37.9 Å². The van der Waals surface area contributed by atoms with Crippen LogP contribution in [0.3, 0.4) is 0 Å². The van der Waals surface area contributed by atoms with Crippen LogP contribution in [-0.4, -0.2) is 53.4 Å². The summed E-state index contributed by atoms with van der Waals surface area (Å²) < 4.78 is 19.9. The molecule has 1 fully saturated rings. The molecule has 1 rings (SSSR count). The molecule has 1 aliphatic heterocycles. The van der Waals surface area contributed by atoms with E-state index in [2.05, 4.69) is 38.4 Å². The van der Waals surface area contributed by atoms with Crippen molar-refractivity contribution in [3.05, 3.63) is 0 Å². The predicted octanol–water partition coefficient (Wildman–Crippen LogP) is 2.82. The lowest BCUT2D eigenvalue weighted by atomic mass is 10.1. The van der Waals surface area contributed by atoms with Crippen LogP contribution in [0.25, 0.3) is 0 Å². The van der Waals surface area contributed by atoms with Gasteiger partial charge in [-0.1, -0.05) is 0 Å². The van der Waals surface area contributed by atoms with Gasteiger partial charge < -0.3 is 18.9 Å². The normalized spacial score (nSPS) is 26.8. The summed E-state index contributed by atoms with van der Waals surface area (Å²) in [6.45, 7) is 10.7. The zero-order valence-electron chi connectivity index (χ0n) is 14.2. The molecule has 0 aromatic carbocycles. The second kappa shape index (κ2) is 9.77. The van der Waals surface area contributed by atoms with Gasteiger partial charge >= 0.3 is 0 Å². The summed E-state index contributed by atoms with van der Waals surface area (Å²) in [7, 11) is -1.29. The zero-order chi connectivity index (χ0) is 16.7. The fourth-order valence-electron chi connectivity index (χ4n) is 2.60. The largest absolute Gasteiger partial charge is 0.394 e. The van der Waals surface area contributed by atoms with E-state index in [1.54, 1.807) is 0 Å². The number of aliphatic hydroxyl groups excluding tert-OH is 1. The Morgan fingerprint density at radius 2 is 2.00 bits per heavy atom. The van der Waals surface area contributed by atoms with Crippen LogP contribution in [0.4, 0.5) is 0 Å². The number of nitrogens with zero attached hydrogens (tertiary/aromatic N) is 2. The average Bonchev–Trinajstić information content (AvgIpc) is 2.78. The van der Waals surface area contributed by atoms with Crippen LogP contribution in [-0.2, 0) is 13.8 Å². The monoisotopic (exact) mass is 332 g/mol. The molecule has 7 heteroatoms. The number of nitriles is 1. The van der Waals surface area contributed by atoms with E-state index in [1.807, 2.05) is 6.92 Å². The van der Waals surface area contributed by atoms with E-state index in [0.717, 1.165) is 6.42 Å². The van der Waals surface area contributed by atoms with Crippen molar-refractivity contribution in [1.82, 2.24) is 4.67 Å². The summed E-state index contributed by atoms with van der Waals surface area (Å²) in [5, 5.41) is 18.1. The van der Waals surface area contributed by atoms with Crippen molar-refractivity contribution in [1.29, 1.82) is 5.26 Å². The molecule has 1 saturated heterocycles. The van der Waals surface area contributed by atoms with Gasteiger partial charge in [-0.25, -0.2) is 4.67 Å². The van der Waals surface area contributed by atoms with Crippen molar-refractivity contribution in [3.8, 4) is 6.07 Å². The summed E-state index contributed by atoms with van der Waals surface area (Å²) in [4.78, 5) is 0. The minimum Gasteiger partial charge on any atom is -0.394 e. The van der Waals surface area contributed by atoms with E-state index < -0.39 is 8.53 Å². The van der Waals surface area contributed by atoms with Gasteiger partial charge in [0.2, 0.25) is 0 Å². The Morgan fingerprint density at radius 3 is 2.50 bits per heavy atom. The maximum absolute atomic E-state index is 9.44. The Labute approximate surface area is 135 Å². The molecule has 0 aromatic rings. The molecule has 22 heavy (non-hydrogen) atoms. The molecule has 0 aliphatic carbocycles. The molecule has 0 bridgehead atoms. The molecular weight excluding hydrogens is 303 g/mol. The highest BCUT2D eigenvalue weighted by Crippen LogP contribution is 2.49. The van der Waals surface area contributed by atoms with E-state index in [1.165, 1.54) is 0 Å². The topological polar surface area (TPSA) is 75.0 Å². The maximum atomic E-state index is 9.44. The molecule has 0 spiro atoms. The first-order valence-corrected chi connectivity index (χ1v) is 9.05. The average molecular weight is 332 g/mol. The number of ether oxygens (including phenoxy) is 1. The SMILES string of the molecule is CC1C[C@H](OP(OCCC#N)N(C(C)C)C(C)C)[C@@H](CO)O1. The van der Waals surface area contributed by atoms with Crippen LogP contribution in [0.2, 0.25) is 0 Å². The van der Waals surface area contributed by atoms with E-state index in [0.29, 0.717) is 13.0 Å². The molecule has 0 radical (unpaired) electrons. The van der Waals surface area contributed by atoms with Gasteiger partial charge in [-0.2, -0.15) is 5.26 Å². The van der Waals surface area contributed by atoms with E-state index in [4.69, 9.17) is 19.0 Å². The summed E-state index contributed by atoms with van der Waals surface area (Å²) in [6, 6.07) is 2.62. The van der Waals surface area contributed by atoms with Gasteiger partial charge in [0, 0.05) is 18.5 Å². The van der Waals surface area contributed by atoms with Crippen LogP contribution in [0, 0.1) is 11.3 Å². The molecule has 2 unspecified atom stereocenters. The summed E-state index contributed by atoms with van der Waals surface area (Å²) in [6.07, 6.45) is 0.682. The minimum absolute atomic E-state index is 0.0558. The van der Waals surface area contributed by atoms with E-state index >= 15 is 0 Å². The molecule has 4 atom stereocenters. The highest BCUT2D eigenvalue weighted by atomic mass is 31.2. The number of hydrogen-bond donors (Lipinski definition) is 1. The Kier molecular flexibility index (Phi) is 8.78. The van der Waals surface area contributed by atoms with Gasteiger partial charge in [0.15, 0.2) is 0 Å². The van der Waals surface area contributed by atoms with Crippen LogP contribution < -0.4 is 0 Å². The maximum Gasteiger partial charge on any atom is 0.259 e. The van der Waals surface area contributed by atoms with Crippen molar-refractivity contribution in [2.75, 3.05) is 13.2 Å². The zero-order valence-corrected chi connectivity index (χ0v) is 15.1. The third-order valence-electron chi connectivity index (χ3n) is 3.45. The molecule has 0 aromatic heterocycles. The molecule has 1 N–H and O–H groups in total. The van der Waals surface area contributed by atoms with E-state index in [9.17, 15) is 5.11 Å². The molecule has 6 nitrogen and oxygen atoms in total. The number of hydrogen-bond acceptors (Lipinski definition) is 6. The number of rotatable bonds is 9. The van der Waals surface area contributed by atoms with Crippen molar-refractivity contribution < 1.29 is 18.9 Å². The fourth-order valence-corrected chi connectivity index (χ4v) is 4.36. The first kappa shape index (κ1) is 19.8. The quantitative estimate of drug-likeness (QED) is 0.517. The molecule has 128 valence electrons. The fraction of sp³-hybridized carbons (Fsp3) is 0.933. The van der Waals surface area contributed by atoms with Gasteiger partial charge in [0.25, 0.3) is 8.53 Å². The van der Waals surface area contributed by atoms with Crippen molar-refractivity contribution in [3.63, 3.8) is 0 Å². The van der Waals surface area contributed by atoms with Crippen LogP contribution in [0.5, 0.6) is 0 Å². The lowest BCUT2D eigenvalue weighted by Crippen LogP contribution is -2.36. The van der Waals surface area contributed by atoms with Crippen molar-refractivity contribution in [2.45, 2.75) is 77.9 Å². The van der Waals surface area contributed by atoms with Crippen LogP contribution in [0.1, 0.15) is 47.5 Å². The second-order valence-electron chi connectivity index (χ2n) is 6.09. The molecule has 1 aliphatic rings. The molecular formula is C15H29N2O4P. The standard InChI is InChI=1S/C15H29N2O4P/c1-11(2)17(12(3)4)22(19-8-6-7-16)21-14-9-13(5)20-15(14)10-18/h11-15,18H,6,8-10H2,1-5H3/t13?,14-,15+,22?/m0/s1. The second-order valence-corrected chi connectivity index (χ2v) is 7.50. The summed E-state index contributed by atoms with van der Waals surface area (Å²) in [5.74, 6) is 0. The molecule has 1 heterocycles. The minimum atomic E-state index is -1.29. The highest BCUT2D eigenvalue weighted by molar-refractivity contribution is 7.44. The van der Waals surface area contributed by atoms with E-state index in [-0.39, 0.29) is 37.0 Å². The Bertz CT molecular complexity index is 354. The first-order valence-electron chi connectivity index (χ1n) is 7.92. The third kappa shape index (κ3) is 5.73. The van der Waals surface area contributed by atoms with Crippen LogP contribution >= 0.6 is 8.53 Å². The lowest BCUT2D eigenvalue weighted by Gasteiger charge is -2.37. The summed E-state index contributed by atoms with van der Waals surface area (Å²) in [5.41, 5.74) is 0. The lowest BCUT2D eigenvalue weighted by molar-refractivity contribution is -0.0144. The van der Waals surface area contributed by atoms with Crippen molar-refractivity contribution in [2.24, 2.45) is 0 Å². The van der Waals surface area contributed by atoms with Gasteiger partial charge in [-0.3, -0.25) is 0 Å².